The zero-order valence-electron chi connectivity index (χ0n) is 8.30. The number of hydrogen-bond donors (Lipinski definition) is 0. The van der Waals surface area contributed by atoms with Gasteiger partial charge in [-0.1, -0.05) is 13.8 Å². The average Bonchev–Trinajstić information content (AvgIpc) is 2.55. The number of Topliss-reactive ketones (excluding diaryl/α,β-unsaturated/α-hetero) is 1. The van der Waals surface area contributed by atoms with Gasteiger partial charge in [-0.3, -0.25) is 4.79 Å². The Bertz CT molecular complexity index is 162. The van der Waals surface area contributed by atoms with Crippen molar-refractivity contribution in [1.29, 1.82) is 0 Å². The van der Waals surface area contributed by atoms with Gasteiger partial charge in [0.1, 0.15) is 5.78 Å². The summed E-state index contributed by atoms with van der Waals surface area (Å²) in [5.74, 6) is 0.0702. The third-order valence-corrected chi connectivity index (χ3v) is 1.84. The topological polar surface area (TPSA) is 37.4 Å². The van der Waals surface area contributed by atoms with E-state index in [0.29, 0.717) is 6.54 Å². The number of ketones is 1. The van der Waals surface area contributed by atoms with Crippen LogP contribution in [0.2, 0.25) is 0 Å². The van der Waals surface area contributed by atoms with E-state index in [1.807, 2.05) is 13.8 Å². The van der Waals surface area contributed by atoms with Crippen LogP contribution in [-0.2, 0) is 29.1 Å². The largest absolute Gasteiger partial charge is 0.520 e. The number of rotatable bonds is 2. The zero-order chi connectivity index (χ0) is 9.56. The van der Waals surface area contributed by atoms with Crippen molar-refractivity contribution < 1.29 is 29.1 Å². The second-order valence-electron chi connectivity index (χ2n) is 2.55. The maximum Gasteiger partial charge on any atom is 0.149 e. The van der Waals surface area contributed by atoms with Gasteiger partial charge in [0.2, 0.25) is 0 Å². The first-order chi connectivity index (χ1) is 5.75. The van der Waals surface area contributed by atoms with E-state index in [-0.39, 0.29) is 31.3 Å². The van der Waals surface area contributed by atoms with E-state index in [1.165, 1.54) is 11.8 Å². The summed E-state index contributed by atoms with van der Waals surface area (Å²) >= 11 is 0. The van der Waals surface area contributed by atoms with Crippen molar-refractivity contribution in [1.82, 2.24) is 4.90 Å². The fourth-order valence-electron chi connectivity index (χ4n) is 1.30. The molecular formula is C9H16NO2Rh-. The van der Waals surface area contributed by atoms with Gasteiger partial charge in [-0.25, -0.2) is 0 Å². The molecule has 1 fully saturated rings. The van der Waals surface area contributed by atoms with Gasteiger partial charge < -0.3 is 9.69 Å². The Labute approximate surface area is 92.6 Å². The van der Waals surface area contributed by atoms with Crippen molar-refractivity contribution in [3.63, 3.8) is 0 Å². The Kier molecular flexibility index (Phi) is 9.81. The number of amides is 1. The summed E-state index contributed by atoms with van der Waals surface area (Å²) in [6.07, 6.45) is 3.50. The van der Waals surface area contributed by atoms with Crippen LogP contribution in [0.5, 0.6) is 0 Å². The summed E-state index contributed by atoms with van der Waals surface area (Å²) in [6, 6.07) is -0.183. The Morgan fingerprint density at radius 1 is 1.46 bits per heavy atom. The standard InChI is InChI=1S/C7H10NO2.C2H6.Rh/c1-6(10)7-3-2-4-8(7)5-9;1-2;/h7H,2-4H2,1H3;1-2H3;/q-1;;. The third-order valence-electron chi connectivity index (χ3n) is 1.84. The number of carbonyl (C=O) groups is 1. The molecule has 1 aliphatic rings. The maximum atomic E-state index is 10.8. The predicted molar refractivity (Wildman–Crippen MR) is 47.5 cm³/mol. The maximum absolute atomic E-state index is 10.8. The SMILES string of the molecule is CC.CC(=O)C1CCCN1[C-]=O.[Rh]. The Hall–Kier alpha value is -0.237. The molecule has 0 bridgehead atoms. The van der Waals surface area contributed by atoms with Crippen molar-refractivity contribution in [2.24, 2.45) is 0 Å². The molecule has 1 aliphatic heterocycles. The first kappa shape index (κ1) is 15.2. The minimum Gasteiger partial charge on any atom is -0.520 e. The molecule has 0 spiro atoms. The monoisotopic (exact) mass is 273 g/mol. The fourth-order valence-corrected chi connectivity index (χ4v) is 1.30. The van der Waals surface area contributed by atoms with Gasteiger partial charge in [0.05, 0.1) is 6.04 Å². The summed E-state index contributed by atoms with van der Waals surface area (Å²) in [5, 5.41) is 0. The van der Waals surface area contributed by atoms with Crippen LogP contribution >= 0.6 is 0 Å². The van der Waals surface area contributed by atoms with E-state index in [4.69, 9.17) is 0 Å². The quantitative estimate of drug-likeness (QED) is 0.558. The van der Waals surface area contributed by atoms with Gasteiger partial charge in [0.15, 0.2) is 0 Å². The van der Waals surface area contributed by atoms with Crippen molar-refractivity contribution in [3.8, 4) is 0 Å². The molecule has 13 heavy (non-hydrogen) atoms. The van der Waals surface area contributed by atoms with Crippen LogP contribution < -0.4 is 0 Å². The van der Waals surface area contributed by atoms with Crippen LogP contribution in [0.1, 0.15) is 33.6 Å². The molecule has 1 amide bonds. The second kappa shape index (κ2) is 8.37. The van der Waals surface area contributed by atoms with Crippen molar-refractivity contribution in [2.75, 3.05) is 6.54 Å². The van der Waals surface area contributed by atoms with Crippen LogP contribution in [-0.4, -0.2) is 29.7 Å². The molecule has 0 N–H and O–H groups in total. The Morgan fingerprint density at radius 2 is 2.00 bits per heavy atom. The third kappa shape index (κ3) is 4.51. The summed E-state index contributed by atoms with van der Waals surface area (Å²) in [5.41, 5.74) is 0. The number of carbonyl (C=O) groups excluding carboxylic acids is 2. The van der Waals surface area contributed by atoms with Crippen LogP contribution in [0.15, 0.2) is 0 Å². The molecule has 0 aromatic rings. The summed E-state index contributed by atoms with van der Waals surface area (Å²) in [6.45, 7) is 6.20. The molecule has 1 rings (SSSR count). The van der Waals surface area contributed by atoms with Gasteiger partial charge >= 0.3 is 0 Å². The first-order valence-corrected chi connectivity index (χ1v) is 4.40. The molecule has 3 nitrogen and oxygen atoms in total. The van der Waals surface area contributed by atoms with Crippen LogP contribution in [0, 0.1) is 0 Å². The normalized spacial score (nSPS) is 19.6. The molecule has 4 heteroatoms. The fraction of sp³-hybridized carbons (Fsp3) is 0.778. The van der Waals surface area contributed by atoms with Crippen LogP contribution in [0.4, 0.5) is 0 Å². The van der Waals surface area contributed by atoms with E-state index in [9.17, 15) is 9.59 Å². The van der Waals surface area contributed by atoms with E-state index >= 15 is 0 Å². The molecular weight excluding hydrogens is 257 g/mol. The van der Waals surface area contributed by atoms with Gasteiger partial charge in [-0.2, -0.15) is 6.41 Å². The predicted octanol–water partition coefficient (Wildman–Crippen LogP) is 1.13. The Balaban J connectivity index is 0. The van der Waals surface area contributed by atoms with E-state index in [2.05, 4.69) is 0 Å². The number of likely N-dealkylation sites (tertiary alicyclic amines) is 1. The van der Waals surface area contributed by atoms with Gasteiger partial charge in [-0.05, 0) is 26.3 Å². The number of nitrogens with zero attached hydrogens (tertiary/aromatic N) is 1. The molecule has 0 aliphatic carbocycles. The smallest absolute Gasteiger partial charge is 0.149 e. The average molecular weight is 273 g/mol. The molecule has 1 unspecified atom stereocenters. The van der Waals surface area contributed by atoms with Gasteiger partial charge in [0.25, 0.3) is 0 Å². The van der Waals surface area contributed by atoms with Crippen molar-refractivity contribution in [3.05, 3.63) is 0 Å². The van der Waals surface area contributed by atoms with Crippen LogP contribution in [0.25, 0.3) is 0 Å². The molecule has 0 aromatic carbocycles. The molecule has 1 radical (unpaired) electrons. The Morgan fingerprint density at radius 3 is 2.31 bits per heavy atom. The molecule has 1 saturated heterocycles. The number of hydrogen-bond acceptors (Lipinski definition) is 2. The molecule has 0 aromatic heterocycles. The summed E-state index contributed by atoms with van der Waals surface area (Å²) < 4.78 is 0. The second-order valence-corrected chi connectivity index (χ2v) is 2.55. The zero-order valence-corrected chi connectivity index (χ0v) is 9.93. The molecule has 0 saturated carbocycles. The van der Waals surface area contributed by atoms with Crippen molar-refractivity contribution >= 4 is 12.2 Å². The van der Waals surface area contributed by atoms with E-state index in [0.717, 1.165) is 12.8 Å². The van der Waals surface area contributed by atoms with E-state index < -0.39 is 0 Å². The molecule has 79 valence electrons. The molecule has 1 heterocycles. The summed E-state index contributed by atoms with van der Waals surface area (Å²) in [7, 11) is 0. The van der Waals surface area contributed by atoms with Crippen LogP contribution in [0.3, 0.4) is 0 Å². The van der Waals surface area contributed by atoms with E-state index in [1.54, 1.807) is 6.41 Å². The minimum atomic E-state index is -0.183. The van der Waals surface area contributed by atoms with Gasteiger partial charge in [-0.15, -0.1) is 0 Å². The van der Waals surface area contributed by atoms with Crippen molar-refractivity contribution in [2.45, 2.75) is 39.7 Å². The van der Waals surface area contributed by atoms with Gasteiger partial charge in [0, 0.05) is 19.5 Å². The first-order valence-electron chi connectivity index (χ1n) is 4.40. The minimum absolute atomic E-state index is 0. The molecule has 1 atom stereocenters. The summed E-state index contributed by atoms with van der Waals surface area (Å²) in [4.78, 5) is 22.4.